The van der Waals surface area contributed by atoms with Crippen molar-refractivity contribution >= 4 is 43.4 Å². The molecule has 0 saturated heterocycles. The molecule has 0 fully saturated rings. The number of carbonyl (C=O) groups excluding carboxylic acids is 1. The quantitative estimate of drug-likeness (QED) is 0.581. The Bertz CT molecular complexity index is 1100. The van der Waals surface area contributed by atoms with Gasteiger partial charge in [0.15, 0.2) is 0 Å². The molecule has 0 aliphatic heterocycles. The number of benzene rings is 2. The highest BCUT2D eigenvalue weighted by Crippen LogP contribution is 2.19. The third kappa shape index (κ3) is 4.84. The first-order valence-corrected chi connectivity index (χ1v) is 10.2. The lowest BCUT2D eigenvalue weighted by Crippen LogP contribution is -2.15. The Morgan fingerprint density at radius 3 is 2.50 bits per heavy atom. The van der Waals surface area contributed by atoms with E-state index >= 15 is 0 Å². The first-order valence-electron chi connectivity index (χ1n) is 7.93. The summed E-state index contributed by atoms with van der Waals surface area (Å²) in [7, 11) is -2.44. The van der Waals surface area contributed by atoms with Gasteiger partial charge in [-0.3, -0.25) is 9.52 Å². The second kappa shape index (κ2) is 8.36. The number of aromatic nitrogens is 2. The number of sulfonamides is 1. The Hall–Kier alpha value is -2.98. The number of ether oxygens (including phenoxy) is 1. The van der Waals surface area contributed by atoms with Crippen molar-refractivity contribution in [3.63, 3.8) is 0 Å². The molecule has 144 valence electrons. The van der Waals surface area contributed by atoms with Gasteiger partial charge in [0.1, 0.15) is 12.1 Å². The molecule has 0 spiro atoms. The molecule has 0 aliphatic carbocycles. The number of rotatable bonds is 6. The fraction of sp³-hybridized carbons (Fsp3) is 0.0556. The largest absolute Gasteiger partial charge is 0.481 e. The van der Waals surface area contributed by atoms with Crippen molar-refractivity contribution in [3.8, 4) is 5.88 Å². The Labute approximate surface area is 170 Å². The van der Waals surface area contributed by atoms with Crippen molar-refractivity contribution < 1.29 is 17.9 Å². The van der Waals surface area contributed by atoms with Gasteiger partial charge >= 0.3 is 0 Å². The fourth-order valence-electron chi connectivity index (χ4n) is 2.25. The third-order valence-electron chi connectivity index (χ3n) is 3.60. The van der Waals surface area contributed by atoms with Crippen LogP contribution >= 0.6 is 15.9 Å². The van der Waals surface area contributed by atoms with E-state index in [1.165, 1.54) is 43.8 Å². The summed E-state index contributed by atoms with van der Waals surface area (Å²) in [6, 6.07) is 14.1. The highest BCUT2D eigenvalue weighted by Gasteiger charge is 2.16. The zero-order valence-corrected chi connectivity index (χ0v) is 17.0. The number of hydrogen-bond acceptors (Lipinski definition) is 6. The summed E-state index contributed by atoms with van der Waals surface area (Å²) >= 11 is 3.31. The number of anilines is 2. The van der Waals surface area contributed by atoms with Crippen LogP contribution in [0.1, 0.15) is 10.4 Å². The van der Waals surface area contributed by atoms with Crippen molar-refractivity contribution in [2.24, 2.45) is 0 Å². The van der Waals surface area contributed by atoms with Gasteiger partial charge in [0, 0.05) is 21.8 Å². The van der Waals surface area contributed by atoms with E-state index in [0.29, 0.717) is 11.3 Å². The molecule has 0 aliphatic rings. The second-order valence-corrected chi connectivity index (χ2v) is 8.14. The first kappa shape index (κ1) is 19.8. The van der Waals surface area contributed by atoms with Crippen molar-refractivity contribution in [2.75, 3.05) is 17.1 Å². The predicted octanol–water partition coefficient (Wildman–Crippen LogP) is 3.30. The maximum absolute atomic E-state index is 12.5. The SMILES string of the molecule is COc1cc(NS(=O)(=O)c2ccc(NC(=O)c3cccc(Br)c3)cc2)ncn1. The number of nitrogens with zero attached hydrogens (tertiary/aromatic N) is 2. The van der Waals surface area contributed by atoms with Gasteiger partial charge in [-0.25, -0.2) is 18.4 Å². The average Bonchev–Trinajstić information content (AvgIpc) is 2.68. The van der Waals surface area contributed by atoms with Crippen LogP contribution in [0.5, 0.6) is 5.88 Å². The third-order valence-corrected chi connectivity index (χ3v) is 5.46. The topological polar surface area (TPSA) is 110 Å². The number of nitrogens with one attached hydrogen (secondary N) is 2. The molecule has 0 atom stereocenters. The van der Waals surface area contributed by atoms with Gasteiger partial charge in [0.25, 0.3) is 15.9 Å². The van der Waals surface area contributed by atoms with E-state index < -0.39 is 10.0 Å². The Morgan fingerprint density at radius 2 is 1.82 bits per heavy atom. The number of hydrogen-bond donors (Lipinski definition) is 2. The standard InChI is InChI=1S/C18H15BrN4O4S/c1-27-17-10-16(20-11-21-17)23-28(25,26)15-7-5-14(6-8-15)22-18(24)12-3-2-4-13(19)9-12/h2-11H,1H3,(H,22,24)(H,20,21,23). The lowest BCUT2D eigenvalue weighted by molar-refractivity contribution is 0.102. The van der Waals surface area contributed by atoms with Crippen LogP contribution in [0.15, 0.2) is 70.3 Å². The number of methoxy groups -OCH3 is 1. The van der Waals surface area contributed by atoms with E-state index in [9.17, 15) is 13.2 Å². The monoisotopic (exact) mass is 462 g/mol. The van der Waals surface area contributed by atoms with Gasteiger partial charge < -0.3 is 10.1 Å². The maximum atomic E-state index is 12.5. The Morgan fingerprint density at radius 1 is 1.07 bits per heavy atom. The highest BCUT2D eigenvalue weighted by molar-refractivity contribution is 9.10. The van der Waals surface area contributed by atoms with Crippen molar-refractivity contribution in [3.05, 3.63) is 71.0 Å². The van der Waals surface area contributed by atoms with Crippen LogP contribution in [0.2, 0.25) is 0 Å². The van der Waals surface area contributed by atoms with Crippen LogP contribution in [0.25, 0.3) is 0 Å². The summed E-state index contributed by atoms with van der Waals surface area (Å²) in [4.78, 5) is 20.0. The molecule has 0 saturated carbocycles. The van der Waals surface area contributed by atoms with Crippen molar-refractivity contribution in [1.29, 1.82) is 0 Å². The van der Waals surface area contributed by atoms with Crippen LogP contribution in [0.4, 0.5) is 11.5 Å². The summed E-state index contributed by atoms with van der Waals surface area (Å²) < 4.78 is 33.1. The van der Waals surface area contributed by atoms with E-state index in [4.69, 9.17) is 4.74 Å². The first-order chi connectivity index (χ1) is 13.4. The normalized spacial score (nSPS) is 10.9. The van der Waals surface area contributed by atoms with Gasteiger partial charge in [0.2, 0.25) is 5.88 Å². The van der Waals surface area contributed by atoms with Crippen LogP contribution < -0.4 is 14.8 Å². The number of amides is 1. The molecule has 2 aromatic carbocycles. The van der Waals surface area contributed by atoms with E-state index in [-0.39, 0.29) is 22.5 Å². The van der Waals surface area contributed by atoms with Crippen molar-refractivity contribution in [2.45, 2.75) is 4.90 Å². The molecule has 8 nitrogen and oxygen atoms in total. The van der Waals surface area contributed by atoms with Crippen LogP contribution in [-0.4, -0.2) is 31.4 Å². The molecule has 1 aromatic heterocycles. The molecule has 0 radical (unpaired) electrons. The van der Waals surface area contributed by atoms with Crippen LogP contribution in [-0.2, 0) is 10.0 Å². The molecule has 2 N–H and O–H groups in total. The predicted molar refractivity (Wildman–Crippen MR) is 108 cm³/mol. The fourth-order valence-corrected chi connectivity index (χ4v) is 3.65. The molecule has 3 aromatic rings. The van der Waals surface area contributed by atoms with Crippen LogP contribution in [0.3, 0.4) is 0 Å². The molecule has 28 heavy (non-hydrogen) atoms. The smallest absolute Gasteiger partial charge is 0.263 e. The summed E-state index contributed by atoms with van der Waals surface area (Å²) in [5, 5.41) is 2.72. The summed E-state index contributed by atoms with van der Waals surface area (Å²) in [6.07, 6.45) is 1.19. The Balaban J connectivity index is 1.73. The van der Waals surface area contributed by atoms with E-state index in [0.717, 1.165) is 4.47 Å². The zero-order chi connectivity index (χ0) is 20.1. The number of halogens is 1. The van der Waals surface area contributed by atoms with Gasteiger partial charge in [-0.1, -0.05) is 22.0 Å². The Kier molecular flexibility index (Phi) is 5.90. The summed E-state index contributed by atoms with van der Waals surface area (Å²) in [5.41, 5.74) is 0.943. The second-order valence-electron chi connectivity index (χ2n) is 5.54. The van der Waals surface area contributed by atoms with Gasteiger partial charge in [-0.05, 0) is 42.5 Å². The van der Waals surface area contributed by atoms with E-state index in [1.54, 1.807) is 18.2 Å². The highest BCUT2D eigenvalue weighted by atomic mass is 79.9. The van der Waals surface area contributed by atoms with E-state index in [2.05, 4.69) is 35.9 Å². The average molecular weight is 463 g/mol. The van der Waals surface area contributed by atoms with Gasteiger partial charge in [-0.15, -0.1) is 0 Å². The lowest BCUT2D eigenvalue weighted by atomic mass is 10.2. The molecular formula is C18H15BrN4O4S. The molecule has 0 unspecified atom stereocenters. The molecule has 1 heterocycles. The minimum absolute atomic E-state index is 0.0190. The molecular weight excluding hydrogens is 448 g/mol. The minimum atomic E-state index is -3.86. The number of carbonyl (C=O) groups is 1. The summed E-state index contributed by atoms with van der Waals surface area (Å²) in [6.45, 7) is 0. The van der Waals surface area contributed by atoms with Gasteiger partial charge in [0.05, 0.1) is 12.0 Å². The molecule has 0 bridgehead atoms. The van der Waals surface area contributed by atoms with E-state index in [1.807, 2.05) is 6.07 Å². The zero-order valence-electron chi connectivity index (χ0n) is 14.6. The summed E-state index contributed by atoms with van der Waals surface area (Å²) in [5.74, 6) is 0.0142. The molecule has 10 heteroatoms. The van der Waals surface area contributed by atoms with Gasteiger partial charge in [-0.2, -0.15) is 0 Å². The maximum Gasteiger partial charge on any atom is 0.263 e. The lowest BCUT2D eigenvalue weighted by Gasteiger charge is -2.09. The molecule has 3 rings (SSSR count). The molecule has 1 amide bonds. The van der Waals surface area contributed by atoms with Crippen LogP contribution in [0, 0.1) is 0 Å². The minimum Gasteiger partial charge on any atom is -0.481 e. The van der Waals surface area contributed by atoms with Crippen molar-refractivity contribution in [1.82, 2.24) is 9.97 Å².